The number of benzene rings is 1. The Balaban J connectivity index is 1.50. The van der Waals surface area contributed by atoms with Crippen molar-refractivity contribution in [1.29, 1.82) is 0 Å². The molecule has 1 aromatic rings. The van der Waals surface area contributed by atoms with Gasteiger partial charge in [0.15, 0.2) is 0 Å². The Bertz CT molecular complexity index is 1590. The van der Waals surface area contributed by atoms with E-state index in [1.807, 2.05) is 87.0 Å². The van der Waals surface area contributed by atoms with Gasteiger partial charge in [0.25, 0.3) is 5.91 Å². The summed E-state index contributed by atoms with van der Waals surface area (Å²) >= 11 is 0. The van der Waals surface area contributed by atoms with E-state index >= 15 is 0 Å². The predicted octanol–water partition coefficient (Wildman–Crippen LogP) is 3.88. The van der Waals surface area contributed by atoms with E-state index < -0.39 is 42.2 Å². The summed E-state index contributed by atoms with van der Waals surface area (Å²) in [6.07, 6.45) is 6.73. The number of amides is 5. The summed E-state index contributed by atoms with van der Waals surface area (Å²) in [7, 11) is 6.72. The number of ether oxygens (including phenoxy) is 2. The molecule has 2 unspecified atom stereocenters. The highest BCUT2D eigenvalue weighted by atomic mass is 16.7. The largest absolute Gasteiger partial charge is 0.379 e. The van der Waals surface area contributed by atoms with Gasteiger partial charge in [0.1, 0.15) is 12.1 Å². The summed E-state index contributed by atoms with van der Waals surface area (Å²) in [6.45, 7) is 14.2. The van der Waals surface area contributed by atoms with E-state index in [9.17, 15) is 24.0 Å². The molecule has 3 N–H and O–H groups in total. The van der Waals surface area contributed by atoms with Crippen molar-refractivity contribution < 1.29 is 38.3 Å². The van der Waals surface area contributed by atoms with Gasteiger partial charge in [0, 0.05) is 33.2 Å². The van der Waals surface area contributed by atoms with Crippen LogP contribution >= 0.6 is 0 Å². The maximum Gasteiger partial charge on any atom is 0.269 e. The lowest BCUT2D eigenvalue weighted by molar-refractivity contribution is -0.232. The smallest absolute Gasteiger partial charge is 0.269 e. The number of likely N-dealkylation sites (N-methyl/N-ethyl adjacent to an activating group) is 2. The highest BCUT2D eigenvalue weighted by Gasteiger charge is 2.45. The molecule has 3 heterocycles. The van der Waals surface area contributed by atoms with Crippen LogP contribution in [-0.2, 0) is 44.7 Å². The minimum atomic E-state index is -0.870. The predicted molar refractivity (Wildman–Crippen MR) is 227 cm³/mol. The van der Waals surface area contributed by atoms with E-state index in [2.05, 4.69) is 29.8 Å². The topological polar surface area (TPSA) is 159 Å². The SMILES string of the molecule is CC[C@H](C)[C@@H]([C@@H](CC(=O)N1CCC[C@H]1[C@H](OC)[C@@H](C)C(=O)N[C@@H](Cc1ccccc1)C(=O)N1OC2C=CC1CC2)OC)N(C)[C@H](C(=O)NC(=O)[C@@H](NC)C(C)C)C(C)C. The van der Waals surface area contributed by atoms with Crippen LogP contribution in [0.25, 0.3) is 0 Å². The molecule has 5 rings (SSSR count). The van der Waals surface area contributed by atoms with Crippen LogP contribution in [0.2, 0.25) is 0 Å². The van der Waals surface area contributed by atoms with Crippen LogP contribution in [0.4, 0.5) is 0 Å². The fourth-order valence-corrected chi connectivity index (χ4v) is 9.38. The maximum atomic E-state index is 14.4. The third-order valence-corrected chi connectivity index (χ3v) is 12.7. The fourth-order valence-electron chi connectivity index (χ4n) is 9.38. The number of hydrogen-bond acceptors (Lipinski definition) is 10. The highest BCUT2D eigenvalue weighted by Crippen LogP contribution is 2.32. The summed E-state index contributed by atoms with van der Waals surface area (Å²) in [6, 6.07) is 6.61. The molecule has 11 atom stereocenters. The van der Waals surface area contributed by atoms with Gasteiger partial charge in [0.2, 0.25) is 23.6 Å². The molecule has 3 aliphatic heterocycles. The number of likely N-dealkylation sites (tertiary alicyclic amines) is 1. The number of hydroxylamine groups is 2. The zero-order chi connectivity index (χ0) is 43.6. The molecule has 4 aliphatic rings. The van der Waals surface area contributed by atoms with Gasteiger partial charge < -0.3 is 25.0 Å². The van der Waals surface area contributed by atoms with Gasteiger partial charge >= 0.3 is 0 Å². The highest BCUT2D eigenvalue weighted by molar-refractivity contribution is 6.00. The van der Waals surface area contributed by atoms with Crippen molar-refractivity contribution >= 4 is 29.5 Å². The van der Waals surface area contributed by atoms with Crippen LogP contribution in [-0.4, -0.2) is 134 Å². The van der Waals surface area contributed by atoms with Gasteiger partial charge in [-0.05, 0) is 63.1 Å². The van der Waals surface area contributed by atoms with Crippen molar-refractivity contribution in [2.45, 2.75) is 148 Å². The summed E-state index contributed by atoms with van der Waals surface area (Å²) in [5, 5.41) is 10.1. The first-order chi connectivity index (χ1) is 28.1. The van der Waals surface area contributed by atoms with Crippen molar-refractivity contribution in [3.05, 3.63) is 48.0 Å². The lowest BCUT2D eigenvalue weighted by Gasteiger charge is -2.43. The minimum absolute atomic E-state index is 0.0162. The Morgan fingerprint density at radius 1 is 0.898 bits per heavy atom. The molecule has 0 spiro atoms. The second kappa shape index (κ2) is 22.2. The van der Waals surface area contributed by atoms with Gasteiger partial charge in [-0.15, -0.1) is 0 Å². The zero-order valence-corrected chi connectivity index (χ0v) is 37.3. The van der Waals surface area contributed by atoms with E-state index in [0.29, 0.717) is 19.4 Å². The van der Waals surface area contributed by atoms with Crippen LogP contribution in [0.5, 0.6) is 0 Å². The van der Waals surface area contributed by atoms with E-state index in [0.717, 1.165) is 31.2 Å². The summed E-state index contributed by atoms with van der Waals surface area (Å²) < 4.78 is 12.2. The third-order valence-electron chi connectivity index (χ3n) is 12.7. The minimum Gasteiger partial charge on any atom is -0.379 e. The molecular weight excluding hydrogens is 753 g/mol. The van der Waals surface area contributed by atoms with Crippen molar-refractivity contribution in [2.75, 3.05) is 34.9 Å². The number of carbonyl (C=O) groups is 5. The third kappa shape index (κ3) is 11.8. The quantitative estimate of drug-likeness (QED) is 0.156. The maximum absolute atomic E-state index is 14.4. The van der Waals surface area contributed by atoms with Crippen molar-refractivity contribution in [1.82, 2.24) is 30.8 Å². The van der Waals surface area contributed by atoms with Crippen LogP contribution in [0.15, 0.2) is 42.5 Å². The molecule has 2 bridgehead atoms. The Labute approximate surface area is 352 Å². The van der Waals surface area contributed by atoms with Crippen molar-refractivity contribution in [3.8, 4) is 0 Å². The molecule has 0 radical (unpaired) electrons. The number of fused-ring (bicyclic) bond motifs is 2. The Kier molecular flexibility index (Phi) is 18.1. The van der Waals surface area contributed by atoms with Crippen LogP contribution < -0.4 is 16.0 Å². The van der Waals surface area contributed by atoms with E-state index in [-0.39, 0.29) is 72.0 Å². The monoisotopic (exact) mass is 825 g/mol. The van der Waals surface area contributed by atoms with E-state index in [1.54, 1.807) is 28.2 Å². The first-order valence-corrected chi connectivity index (χ1v) is 21.7. The number of nitrogens with zero attached hydrogens (tertiary/aromatic N) is 3. The first-order valence-electron chi connectivity index (χ1n) is 21.7. The van der Waals surface area contributed by atoms with Gasteiger partial charge in [-0.1, -0.05) is 97.4 Å². The molecule has 14 nitrogen and oxygen atoms in total. The Hall–Kier alpha value is -3.69. The van der Waals surface area contributed by atoms with Crippen molar-refractivity contribution in [3.63, 3.8) is 0 Å². The molecule has 0 saturated carbocycles. The lowest BCUT2D eigenvalue weighted by atomic mass is 9.87. The summed E-state index contributed by atoms with van der Waals surface area (Å²) in [5.41, 5.74) is 0.906. The number of hydrogen-bond donors (Lipinski definition) is 3. The fraction of sp³-hybridized carbons (Fsp3) is 0.711. The number of imide groups is 1. The van der Waals surface area contributed by atoms with Crippen LogP contribution in [0.1, 0.15) is 92.6 Å². The molecule has 1 aromatic carbocycles. The van der Waals surface area contributed by atoms with Gasteiger partial charge in [-0.3, -0.25) is 39.0 Å². The van der Waals surface area contributed by atoms with Crippen LogP contribution in [0.3, 0.4) is 0 Å². The van der Waals surface area contributed by atoms with Gasteiger partial charge in [-0.2, -0.15) is 0 Å². The lowest BCUT2D eigenvalue weighted by Crippen LogP contribution is -2.60. The van der Waals surface area contributed by atoms with Gasteiger partial charge in [0.05, 0.1) is 48.7 Å². The first kappa shape index (κ1) is 48.0. The number of nitrogens with one attached hydrogen (secondary N) is 3. The Morgan fingerprint density at radius 2 is 1.59 bits per heavy atom. The molecular formula is C45H72N6O8. The summed E-state index contributed by atoms with van der Waals surface area (Å²) in [4.78, 5) is 79.3. The number of rotatable bonds is 21. The molecule has 1 aliphatic carbocycles. The molecule has 330 valence electrons. The number of carbonyl (C=O) groups excluding carboxylic acids is 5. The van der Waals surface area contributed by atoms with E-state index in [4.69, 9.17) is 14.3 Å². The standard InChI is InChI=1S/C45H72N6O8/c1-12-29(6)40(49(9)39(28(4)5)44(55)48-43(54)38(46-8)27(2)3)36(57-10)26-37(52)50-24-16-19-35(50)41(58-11)30(7)42(53)47-34(25-31-17-14-13-15-18-31)45(56)51-32-20-22-33(59-51)23-21-32/h13-15,17-18,20,22,27-30,32-36,38-41,46H,12,16,19,21,23-26H2,1-11H3,(H,47,53)(H,48,54,55)/t29-,30+,32?,33?,34-,35-,36+,38-,39-,40-,41+/m0/s1. The average molecular weight is 825 g/mol. The summed E-state index contributed by atoms with van der Waals surface area (Å²) in [5.74, 6) is -2.38. The average Bonchev–Trinajstić information content (AvgIpc) is 3.70. The van der Waals surface area contributed by atoms with E-state index in [1.165, 1.54) is 5.06 Å². The second-order valence-electron chi connectivity index (χ2n) is 17.4. The number of methoxy groups -OCH3 is 2. The van der Waals surface area contributed by atoms with Crippen molar-refractivity contribution in [2.24, 2.45) is 23.7 Å². The zero-order valence-electron chi connectivity index (χ0n) is 37.3. The molecule has 14 heteroatoms. The molecule has 0 aromatic heterocycles. The molecule has 5 amide bonds. The Morgan fingerprint density at radius 3 is 2.12 bits per heavy atom. The van der Waals surface area contributed by atoms with Crippen LogP contribution in [0, 0.1) is 23.7 Å². The second-order valence-corrected chi connectivity index (χ2v) is 17.4. The normalized spacial score (nSPS) is 23.1. The van der Waals surface area contributed by atoms with Gasteiger partial charge in [-0.25, -0.2) is 5.06 Å². The molecule has 59 heavy (non-hydrogen) atoms. The molecule has 2 saturated heterocycles. The molecule has 2 fully saturated rings.